The fourth-order valence-corrected chi connectivity index (χ4v) is 3.57. The summed E-state index contributed by atoms with van der Waals surface area (Å²) in [7, 11) is 0. The number of hydrogen-bond donors (Lipinski definition) is 0. The van der Waals surface area contributed by atoms with Crippen LogP contribution in [-0.4, -0.2) is 49.4 Å². The van der Waals surface area contributed by atoms with Crippen molar-refractivity contribution in [2.45, 2.75) is 27.2 Å². The Morgan fingerprint density at radius 2 is 1.68 bits per heavy atom. The Morgan fingerprint density at radius 3 is 2.25 bits per heavy atom. The molecule has 0 bridgehead atoms. The molecule has 5 heteroatoms. The van der Waals surface area contributed by atoms with E-state index in [2.05, 4.69) is 43.0 Å². The lowest BCUT2D eigenvalue weighted by molar-refractivity contribution is -0.131. The van der Waals surface area contributed by atoms with E-state index in [4.69, 9.17) is 0 Å². The SMILES string of the molecule is CCc1ccc(N(CC(=O)N2CCN(c3cccc(C)c3)CC2)C(C)=O)cc1. The number of nitrogens with zero attached hydrogens (tertiary/aromatic N) is 3. The molecule has 1 saturated heterocycles. The zero-order chi connectivity index (χ0) is 20.1. The van der Waals surface area contributed by atoms with Gasteiger partial charge in [-0.3, -0.25) is 9.59 Å². The van der Waals surface area contributed by atoms with E-state index in [-0.39, 0.29) is 18.4 Å². The van der Waals surface area contributed by atoms with Crippen LogP contribution in [-0.2, 0) is 16.0 Å². The second-order valence-corrected chi connectivity index (χ2v) is 7.33. The van der Waals surface area contributed by atoms with Gasteiger partial charge in [-0.15, -0.1) is 0 Å². The highest BCUT2D eigenvalue weighted by atomic mass is 16.2. The molecule has 2 aromatic rings. The van der Waals surface area contributed by atoms with Crippen molar-refractivity contribution in [2.24, 2.45) is 0 Å². The summed E-state index contributed by atoms with van der Waals surface area (Å²) in [4.78, 5) is 30.7. The van der Waals surface area contributed by atoms with Crippen molar-refractivity contribution < 1.29 is 9.59 Å². The molecule has 2 aromatic carbocycles. The van der Waals surface area contributed by atoms with E-state index in [1.54, 1.807) is 4.90 Å². The summed E-state index contributed by atoms with van der Waals surface area (Å²) in [6.45, 7) is 8.74. The van der Waals surface area contributed by atoms with Crippen LogP contribution in [0, 0.1) is 6.92 Å². The van der Waals surface area contributed by atoms with Crippen LogP contribution in [0.2, 0.25) is 0 Å². The second-order valence-electron chi connectivity index (χ2n) is 7.33. The molecule has 0 saturated carbocycles. The smallest absolute Gasteiger partial charge is 0.242 e. The van der Waals surface area contributed by atoms with Gasteiger partial charge in [-0.1, -0.05) is 31.2 Å². The van der Waals surface area contributed by atoms with Crippen LogP contribution in [0.1, 0.15) is 25.0 Å². The molecule has 0 aliphatic carbocycles. The Balaban J connectivity index is 1.61. The molecule has 0 N–H and O–H groups in total. The fraction of sp³-hybridized carbons (Fsp3) is 0.391. The fourth-order valence-electron chi connectivity index (χ4n) is 3.57. The standard InChI is InChI=1S/C23H29N3O2/c1-4-20-8-10-21(11-9-20)26(19(3)27)17-23(28)25-14-12-24(13-15-25)22-7-5-6-18(2)16-22/h5-11,16H,4,12-15,17H2,1-3H3. The van der Waals surface area contributed by atoms with Gasteiger partial charge in [0.1, 0.15) is 6.54 Å². The van der Waals surface area contributed by atoms with Crippen molar-refractivity contribution in [3.05, 3.63) is 59.7 Å². The van der Waals surface area contributed by atoms with Gasteiger partial charge in [0.2, 0.25) is 11.8 Å². The normalized spacial score (nSPS) is 14.1. The lowest BCUT2D eigenvalue weighted by atomic mass is 10.1. The molecule has 0 aromatic heterocycles. The van der Waals surface area contributed by atoms with Gasteiger partial charge >= 0.3 is 0 Å². The minimum absolute atomic E-state index is 0.00124. The summed E-state index contributed by atoms with van der Waals surface area (Å²) < 4.78 is 0. The zero-order valence-electron chi connectivity index (χ0n) is 17.0. The average Bonchev–Trinajstić information content (AvgIpc) is 2.72. The van der Waals surface area contributed by atoms with Gasteiger partial charge in [-0.25, -0.2) is 0 Å². The van der Waals surface area contributed by atoms with Gasteiger partial charge in [-0.05, 0) is 48.7 Å². The molecule has 1 fully saturated rings. The van der Waals surface area contributed by atoms with E-state index in [0.29, 0.717) is 13.1 Å². The largest absolute Gasteiger partial charge is 0.368 e. The number of piperazine rings is 1. The summed E-state index contributed by atoms with van der Waals surface area (Å²) in [5.41, 5.74) is 4.43. The Kier molecular flexibility index (Phi) is 6.34. The molecule has 3 rings (SSSR count). The molecule has 148 valence electrons. The Morgan fingerprint density at radius 1 is 1.00 bits per heavy atom. The molecule has 28 heavy (non-hydrogen) atoms. The van der Waals surface area contributed by atoms with Crippen LogP contribution in [0.3, 0.4) is 0 Å². The van der Waals surface area contributed by atoms with Crippen LogP contribution >= 0.6 is 0 Å². The highest BCUT2D eigenvalue weighted by Crippen LogP contribution is 2.19. The molecule has 1 aliphatic heterocycles. The van der Waals surface area contributed by atoms with Gasteiger partial charge < -0.3 is 14.7 Å². The van der Waals surface area contributed by atoms with E-state index < -0.39 is 0 Å². The third-order valence-corrected chi connectivity index (χ3v) is 5.33. The number of rotatable bonds is 5. The van der Waals surface area contributed by atoms with Gasteiger partial charge in [0.25, 0.3) is 0 Å². The van der Waals surface area contributed by atoms with Gasteiger partial charge in [0.05, 0.1) is 0 Å². The number of carbonyl (C=O) groups excluding carboxylic acids is 2. The molecule has 0 spiro atoms. The molecule has 0 radical (unpaired) electrons. The highest BCUT2D eigenvalue weighted by molar-refractivity contribution is 5.97. The van der Waals surface area contributed by atoms with Crippen LogP contribution in [0.5, 0.6) is 0 Å². The first-order valence-electron chi connectivity index (χ1n) is 9.94. The predicted molar refractivity (Wildman–Crippen MR) is 114 cm³/mol. The van der Waals surface area contributed by atoms with Crippen molar-refractivity contribution >= 4 is 23.2 Å². The monoisotopic (exact) mass is 379 g/mol. The molecule has 1 aliphatic rings. The van der Waals surface area contributed by atoms with Crippen molar-refractivity contribution in [2.75, 3.05) is 42.5 Å². The maximum atomic E-state index is 12.8. The first-order valence-corrected chi connectivity index (χ1v) is 9.94. The van der Waals surface area contributed by atoms with Crippen LogP contribution in [0.25, 0.3) is 0 Å². The van der Waals surface area contributed by atoms with Gasteiger partial charge in [-0.2, -0.15) is 0 Å². The van der Waals surface area contributed by atoms with E-state index >= 15 is 0 Å². The van der Waals surface area contributed by atoms with Crippen LogP contribution < -0.4 is 9.80 Å². The minimum Gasteiger partial charge on any atom is -0.368 e. The van der Waals surface area contributed by atoms with Crippen molar-refractivity contribution in [1.29, 1.82) is 0 Å². The lowest BCUT2D eigenvalue weighted by Crippen LogP contribution is -2.51. The average molecular weight is 380 g/mol. The first kappa shape index (κ1) is 19.9. The second kappa shape index (κ2) is 8.91. The number of benzene rings is 2. The molecular weight excluding hydrogens is 350 g/mol. The topological polar surface area (TPSA) is 43.9 Å². The Bertz CT molecular complexity index is 824. The van der Waals surface area contributed by atoms with Crippen molar-refractivity contribution in [3.8, 4) is 0 Å². The zero-order valence-corrected chi connectivity index (χ0v) is 17.0. The van der Waals surface area contributed by atoms with Gasteiger partial charge in [0, 0.05) is 44.5 Å². The van der Waals surface area contributed by atoms with Crippen LogP contribution in [0.4, 0.5) is 11.4 Å². The predicted octanol–water partition coefficient (Wildman–Crippen LogP) is 3.26. The minimum atomic E-state index is -0.115. The number of aryl methyl sites for hydroxylation is 2. The summed E-state index contributed by atoms with van der Waals surface area (Å²) in [6, 6.07) is 16.3. The molecule has 5 nitrogen and oxygen atoms in total. The molecule has 2 amide bonds. The van der Waals surface area contributed by atoms with E-state index in [1.807, 2.05) is 29.2 Å². The summed E-state index contributed by atoms with van der Waals surface area (Å²) >= 11 is 0. The molecule has 1 heterocycles. The van der Waals surface area contributed by atoms with Crippen molar-refractivity contribution in [1.82, 2.24) is 4.90 Å². The lowest BCUT2D eigenvalue weighted by Gasteiger charge is -2.37. The Labute approximate surface area is 167 Å². The van der Waals surface area contributed by atoms with Gasteiger partial charge in [0.15, 0.2) is 0 Å². The molecule has 0 unspecified atom stereocenters. The number of amides is 2. The quantitative estimate of drug-likeness (QED) is 0.801. The maximum absolute atomic E-state index is 12.8. The summed E-state index contributed by atoms with van der Waals surface area (Å²) in [5.74, 6) is -0.116. The third-order valence-electron chi connectivity index (χ3n) is 5.33. The Hall–Kier alpha value is -2.82. The van der Waals surface area contributed by atoms with E-state index in [1.165, 1.54) is 23.7 Å². The maximum Gasteiger partial charge on any atom is 0.242 e. The van der Waals surface area contributed by atoms with Crippen LogP contribution in [0.15, 0.2) is 48.5 Å². The number of carbonyl (C=O) groups is 2. The highest BCUT2D eigenvalue weighted by Gasteiger charge is 2.24. The number of anilines is 2. The van der Waals surface area contributed by atoms with Crippen molar-refractivity contribution in [3.63, 3.8) is 0 Å². The summed E-state index contributed by atoms with van der Waals surface area (Å²) in [6.07, 6.45) is 0.949. The van der Waals surface area contributed by atoms with E-state index in [0.717, 1.165) is 25.2 Å². The summed E-state index contributed by atoms with van der Waals surface area (Å²) in [5, 5.41) is 0. The first-order chi connectivity index (χ1) is 13.5. The molecule has 0 atom stereocenters. The third kappa shape index (κ3) is 4.71. The van der Waals surface area contributed by atoms with E-state index in [9.17, 15) is 9.59 Å². The number of hydrogen-bond acceptors (Lipinski definition) is 3. The molecular formula is C23H29N3O2.